The van der Waals surface area contributed by atoms with Crippen LogP contribution in [0.4, 0.5) is 15.8 Å². The SMILES string of the molecule is CNCCN(C=N)c1ccc(N(C)CC(CN)OC=O)cc1F. The molecule has 0 amide bonds. The summed E-state index contributed by atoms with van der Waals surface area (Å²) in [6.07, 6.45) is 0.649. The van der Waals surface area contributed by atoms with Gasteiger partial charge in [-0.2, -0.15) is 0 Å². The summed E-state index contributed by atoms with van der Waals surface area (Å²) in [4.78, 5) is 13.7. The Morgan fingerprint density at radius 1 is 1.52 bits per heavy atom. The summed E-state index contributed by atoms with van der Waals surface area (Å²) in [6.45, 7) is 2.04. The predicted molar refractivity (Wildman–Crippen MR) is 89.7 cm³/mol. The van der Waals surface area contributed by atoms with Crippen molar-refractivity contribution >= 4 is 24.2 Å². The summed E-state index contributed by atoms with van der Waals surface area (Å²) in [5, 5.41) is 10.4. The van der Waals surface area contributed by atoms with E-state index in [4.69, 9.17) is 15.9 Å². The van der Waals surface area contributed by atoms with Gasteiger partial charge in [-0.25, -0.2) is 4.39 Å². The van der Waals surface area contributed by atoms with Crippen molar-refractivity contribution in [2.24, 2.45) is 5.73 Å². The van der Waals surface area contributed by atoms with Crippen molar-refractivity contribution in [2.75, 3.05) is 50.1 Å². The van der Waals surface area contributed by atoms with Crippen LogP contribution >= 0.6 is 0 Å². The van der Waals surface area contributed by atoms with Crippen molar-refractivity contribution < 1.29 is 13.9 Å². The molecule has 0 aromatic heterocycles. The number of rotatable bonds is 11. The first kappa shape index (κ1) is 18.9. The van der Waals surface area contributed by atoms with Gasteiger partial charge in [0.05, 0.1) is 18.6 Å². The Balaban J connectivity index is 2.85. The molecule has 0 saturated carbocycles. The molecule has 4 N–H and O–H groups in total. The third-order valence-corrected chi connectivity index (χ3v) is 3.43. The Morgan fingerprint density at radius 2 is 2.26 bits per heavy atom. The number of likely N-dealkylation sites (N-methyl/N-ethyl adjacent to an activating group) is 2. The molecule has 1 aromatic carbocycles. The molecular weight excluding hydrogens is 301 g/mol. The van der Waals surface area contributed by atoms with E-state index in [1.165, 1.54) is 11.0 Å². The van der Waals surface area contributed by atoms with E-state index >= 15 is 0 Å². The first-order valence-corrected chi connectivity index (χ1v) is 7.29. The second kappa shape index (κ2) is 9.75. The molecule has 1 unspecified atom stereocenters. The molecule has 1 rings (SSSR count). The lowest BCUT2D eigenvalue weighted by molar-refractivity contribution is -0.132. The van der Waals surface area contributed by atoms with Crippen molar-refractivity contribution in [1.82, 2.24) is 5.32 Å². The van der Waals surface area contributed by atoms with Crippen molar-refractivity contribution in [1.29, 1.82) is 5.41 Å². The fourth-order valence-corrected chi connectivity index (χ4v) is 2.12. The Labute approximate surface area is 135 Å². The molecule has 0 aliphatic rings. The monoisotopic (exact) mass is 325 g/mol. The number of hydrogen-bond acceptors (Lipinski definition) is 6. The van der Waals surface area contributed by atoms with Crippen LogP contribution in [0.15, 0.2) is 18.2 Å². The fourth-order valence-electron chi connectivity index (χ4n) is 2.12. The van der Waals surface area contributed by atoms with Crippen LogP contribution in [0.3, 0.4) is 0 Å². The fraction of sp³-hybridized carbons (Fsp3) is 0.467. The average Bonchev–Trinajstić information content (AvgIpc) is 2.55. The van der Waals surface area contributed by atoms with Gasteiger partial charge in [0.15, 0.2) is 0 Å². The van der Waals surface area contributed by atoms with E-state index in [9.17, 15) is 9.18 Å². The predicted octanol–water partition coefficient (Wildman–Crippen LogP) is 0.395. The third kappa shape index (κ3) is 5.50. The number of nitrogens with one attached hydrogen (secondary N) is 2. The molecule has 1 atom stereocenters. The number of nitrogens with two attached hydrogens (primary N) is 1. The summed E-state index contributed by atoms with van der Waals surface area (Å²) < 4.78 is 19.2. The standard InChI is InChI=1S/C15H24FN5O2/c1-19-5-6-21(10-18)15-4-3-12(7-14(15)16)20(2)9-13(8-17)23-11-22/h3-4,7,10-11,13,18-19H,5-6,8-9,17H2,1-2H3. The molecule has 7 nitrogen and oxygen atoms in total. The Bertz CT molecular complexity index is 515. The maximum absolute atomic E-state index is 14.3. The lowest BCUT2D eigenvalue weighted by atomic mass is 10.2. The molecule has 0 radical (unpaired) electrons. The summed E-state index contributed by atoms with van der Waals surface area (Å²) in [7, 11) is 3.56. The average molecular weight is 325 g/mol. The molecule has 23 heavy (non-hydrogen) atoms. The molecule has 128 valence electrons. The Kier molecular flexibility index (Phi) is 8.00. The minimum Gasteiger partial charge on any atom is -0.461 e. The van der Waals surface area contributed by atoms with Gasteiger partial charge in [0.1, 0.15) is 11.9 Å². The number of carbonyl (C=O) groups is 1. The second-order valence-electron chi connectivity index (χ2n) is 5.03. The number of carbonyl (C=O) groups excluding carboxylic acids is 1. The molecule has 0 aliphatic heterocycles. The number of halogens is 1. The van der Waals surface area contributed by atoms with Crippen LogP contribution in [0.2, 0.25) is 0 Å². The van der Waals surface area contributed by atoms with Crippen LogP contribution in [-0.4, -0.2) is 59.2 Å². The van der Waals surface area contributed by atoms with Gasteiger partial charge in [-0.3, -0.25) is 10.2 Å². The molecular formula is C15H24FN5O2. The highest BCUT2D eigenvalue weighted by Crippen LogP contribution is 2.24. The van der Waals surface area contributed by atoms with E-state index in [0.29, 0.717) is 37.5 Å². The number of anilines is 2. The van der Waals surface area contributed by atoms with Gasteiger partial charge >= 0.3 is 0 Å². The highest BCUT2D eigenvalue weighted by Gasteiger charge is 2.14. The van der Waals surface area contributed by atoms with E-state index in [1.54, 1.807) is 31.1 Å². The van der Waals surface area contributed by atoms with Gasteiger partial charge < -0.3 is 25.6 Å². The van der Waals surface area contributed by atoms with Crippen LogP contribution in [0.25, 0.3) is 0 Å². The first-order chi connectivity index (χ1) is 11.1. The van der Waals surface area contributed by atoms with Crippen LogP contribution in [-0.2, 0) is 9.53 Å². The van der Waals surface area contributed by atoms with Gasteiger partial charge in [-0.15, -0.1) is 0 Å². The Hall–Kier alpha value is -2.19. The summed E-state index contributed by atoms with van der Waals surface area (Å²) in [5.41, 5.74) is 6.50. The summed E-state index contributed by atoms with van der Waals surface area (Å²) in [5.74, 6) is -0.422. The summed E-state index contributed by atoms with van der Waals surface area (Å²) >= 11 is 0. The van der Waals surface area contributed by atoms with E-state index in [1.807, 2.05) is 0 Å². The third-order valence-electron chi connectivity index (χ3n) is 3.43. The van der Waals surface area contributed by atoms with Crippen LogP contribution in [0.5, 0.6) is 0 Å². The maximum Gasteiger partial charge on any atom is 0.293 e. The largest absolute Gasteiger partial charge is 0.461 e. The number of ether oxygens (including phenoxy) is 1. The van der Waals surface area contributed by atoms with Gasteiger partial charge in [-0.05, 0) is 25.2 Å². The number of hydrogen-bond donors (Lipinski definition) is 3. The van der Waals surface area contributed by atoms with Crippen molar-refractivity contribution in [2.45, 2.75) is 6.10 Å². The molecule has 8 heteroatoms. The van der Waals surface area contributed by atoms with E-state index < -0.39 is 11.9 Å². The van der Waals surface area contributed by atoms with E-state index in [0.717, 1.165) is 6.34 Å². The van der Waals surface area contributed by atoms with Crippen molar-refractivity contribution in [3.63, 3.8) is 0 Å². The first-order valence-electron chi connectivity index (χ1n) is 7.29. The zero-order valence-corrected chi connectivity index (χ0v) is 13.5. The summed E-state index contributed by atoms with van der Waals surface area (Å²) in [6, 6.07) is 4.77. The molecule has 0 fully saturated rings. The lowest BCUT2D eigenvalue weighted by Gasteiger charge is -2.25. The van der Waals surface area contributed by atoms with Crippen LogP contribution < -0.4 is 20.9 Å². The quantitative estimate of drug-likeness (QED) is 0.310. The maximum atomic E-state index is 14.3. The molecule has 0 saturated heterocycles. The van der Waals surface area contributed by atoms with E-state index in [2.05, 4.69) is 5.32 Å². The highest BCUT2D eigenvalue weighted by molar-refractivity contribution is 5.78. The Morgan fingerprint density at radius 3 is 2.78 bits per heavy atom. The minimum absolute atomic E-state index is 0.190. The normalized spacial score (nSPS) is 11.7. The number of nitrogens with zero attached hydrogens (tertiary/aromatic N) is 2. The molecule has 0 spiro atoms. The van der Waals surface area contributed by atoms with Gasteiger partial charge in [-0.1, -0.05) is 0 Å². The lowest BCUT2D eigenvalue weighted by Crippen LogP contribution is -2.36. The molecule has 1 aromatic rings. The van der Waals surface area contributed by atoms with E-state index in [-0.39, 0.29) is 6.54 Å². The minimum atomic E-state index is -0.450. The van der Waals surface area contributed by atoms with Crippen LogP contribution in [0, 0.1) is 11.2 Å². The van der Waals surface area contributed by atoms with Crippen LogP contribution in [0.1, 0.15) is 0 Å². The van der Waals surface area contributed by atoms with Gasteiger partial charge in [0.25, 0.3) is 6.47 Å². The zero-order chi connectivity index (χ0) is 17.2. The topological polar surface area (TPSA) is 94.7 Å². The smallest absolute Gasteiger partial charge is 0.293 e. The van der Waals surface area contributed by atoms with Gasteiger partial charge in [0, 0.05) is 32.4 Å². The zero-order valence-electron chi connectivity index (χ0n) is 13.5. The van der Waals surface area contributed by atoms with Gasteiger partial charge in [0.2, 0.25) is 0 Å². The molecule has 0 aliphatic carbocycles. The second-order valence-corrected chi connectivity index (χ2v) is 5.03. The molecule has 0 heterocycles. The number of benzene rings is 1. The van der Waals surface area contributed by atoms with Crippen molar-refractivity contribution in [3.05, 3.63) is 24.0 Å². The highest BCUT2D eigenvalue weighted by atomic mass is 19.1. The van der Waals surface area contributed by atoms with Crippen molar-refractivity contribution in [3.8, 4) is 0 Å². The molecule has 0 bridgehead atoms.